The highest BCUT2D eigenvalue weighted by atomic mass is 35.5. The van der Waals surface area contributed by atoms with E-state index in [4.69, 9.17) is 16.3 Å². The number of aryl methyl sites for hydroxylation is 1. The van der Waals surface area contributed by atoms with Gasteiger partial charge in [0, 0.05) is 21.4 Å². The first-order valence-electron chi connectivity index (χ1n) is 9.89. The van der Waals surface area contributed by atoms with Gasteiger partial charge in [0.2, 0.25) is 0 Å². The smallest absolute Gasteiger partial charge is 0.195 e. The molecule has 0 atom stereocenters. The van der Waals surface area contributed by atoms with Crippen LogP contribution in [0.1, 0.15) is 11.4 Å². The molecule has 158 valence electrons. The summed E-state index contributed by atoms with van der Waals surface area (Å²) in [6, 6.07) is 26.2. The molecule has 1 heterocycles. The fourth-order valence-corrected chi connectivity index (χ4v) is 4.65. The van der Waals surface area contributed by atoms with E-state index in [1.54, 1.807) is 23.5 Å². The molecule has 4 aromatic rings. The predicted molar refractivity (Wildman–Crippen MR) is 130 cm³/mol. The summed E-state index contributed by atoms with van der Waals surface area (Å²) in [4.78, 5) is 1.22. The van der Waals surface area contributed by atoms with E-state index in [1.807, 2.05) is 42.5 Å². The highest BCUT2D eigenvalue weighted by molar-refractivity contribution is 7.99. The third kappa shape index (κ3) is 6.06. The second kappa shape index (κ2) is 10.8. The van der Waals surface area contributed by atoms with Gasteiger partial charge in [-0.1, -0.05) is 59.3 Å². The van der Waals surface area contributed by atoms with E-state index in [1.165, 1.54) is 10.5 Å². The van der Waals surface area contributed by atoms with Gasteiger partial charge in [0.15, 0.2) is 5.16 Å². The summed E-state index contributed by atoms with van der Waals surface area (Å²) in [5.74, 6) is 3.24. The molecular formula is C24H22ClN3OS2. The summed E-state index contributed by atoms with van der Waals surface area (Å²) in [5.41, 5.74) is 2.32. The Hall–Kier alpha value is -2.41. The van der Waals surface area contributed by atoms with Crippen LogP contribution in [0.3, 0.4) is 0 Å². The number of nitrogens with zero attached hydrogens (tertiary/aromatic N) is 3. The van der Waals surface area contributed by atoms with Crippen molar-refractivity contribution >= 4 is 35.1 Å². The molecule has 0 aliphatic heterocycles. The van der Waals surface area contributed by atoms with Crippen LogP contribution in [0, 0.1) is 6.92 Å². The average molecular weight is 468 g/mol. The summed E-state index contributed by atoms with van der Waals surface area (Å²) < 4.78 is 7.94. The quantitative estimate of drug-likeness (QED) is 0.202. The SMILES string of the molecule is Cc1ccc(SCc2nnc(SCCOc3ccc(Cl)cc3)n2-c2ccccc2)cc1. The number of hydrogen-bond donors (Lipinski definition) is 0. The molecular weight excluding hydrogens is 446 g/mol. The van der Waals surface area contributed by atoms with E-state index >= 15 is 0 Å². The molecule has 0 bridgehead atoms. The largest absolute Gasteiger partial charge is 0.493 e. The van der Waals surface area contributed by atoms with Gasteiger partial charge in [-0.15, -0.1) is 22.0 Å². The maximum atomic E-state index is 5.92. The minimum Gasteiger partial charge on any atom is -0.493 e. The number of ether oxygens (including phenoxy) is 1. The lowest BCUT2D eigenvalue weighted by atomic mass is 10.2. The molecule has 0 saturated carbocycles. The van der Waals surface area contributed by atoms with Crippen LogP contribution in [0.25, 0.3) is 5.69 Å². The number of rotatable bonds is 9. The van der Waals surface area contributed by atoms with E-state index in [9.17, 15) is 0 Å². The Balaban J connectivity index is 1.44. The standard InChI is InChI=1S/C24H22ClN3OS2/c1-18-7-13-22(14-8-18)31-17-23-26-27-24(28(23)20-5-3-2-4-6-20)30-16-15-29-21-11-9-19(25)10-12-21/h2-14H,15-17H2,1H3. The first-order chi connectivity index (χ1) is 15.2. The van der Waals surface area contributed by atoms with Crippen molar-refractivity contribution in [1.82, 2.24) is 14.8 Å². The van der Waals surface area contributed by atoms with Crippen molar-refractivity contribution in [2.75, 3.05) is 12.4 Å². The van der Waals surface area contributed by atoms with Crippen molar-refractivity contribution in [1.29, 1.82) is 0 Å². The maximum absolute atomic E-state index is 5.92. The molecule has 0 fully saturated rings. The molecule has 7 heteroatoms. The first-order valence-corrected chi connectivity index (χ1v) is 12.2. The van der Waals surface area contributed by atoms with Crippen LogP contribution in [-0.2, 0) is 5.75 Å². The van der Waals surface area contributed by atoms with Gasteiger partial charge in [-0.3, -0.25) is 4.57 Å². The van der Waals surface area contributed by atoms with Gasteiger partial charge in [-0.05, 0) is 55.5 Å². The summed E-state index contributed by atoms with van der Waals surface area (Å²) >= 11 is 9.32. The lowest BCUT2D eigenvalue weighted by Crippen LogP contribution is -2.04. The normalized spacial score (nSPS) is 10.9. The molecule has 0 unspecified atom stereocenters. The zero-order chi connectivity index (χ0) is 21.5. The van der Waals surface area contributed by atoms with E-state index in [0.717, 1.165) is 33.9 Å². The predicted octanol–water partition coefficient (Wildman–Crippen LogP) is 6.69. The van der Waals surface area contributed by atoms with Crippen LogP contribution >= 0.6 is 35.1 Å². The Bertz CT molecular complexity index is 1100. The molecule has 0 radical (unpaired) electrons. The Kier molecular flexibility index (Phi) is 7.57. The molecule has 1 aromatic heterocycles. The van der Waals surface area contributed by atoms with Gasteiger partial charge in [0.25, 0.3) is 0 Å². The van der Waals surface area contributed by atoms with Crippen molar-refractivity contribution in [2.24, 2.45) is 0 Å². The minimum absolute atomic E-state index is 0.571. The second-order valence-electron chi connectivity index (χ2n) is 6.82. The molecule has 31 heavy (non-hydrogen) atoms. The zero-order valence-corrected chi connectivity index (χ0v) is 19.5. The average Bonchev–Trinajstić information content (AvgIpc) is 3.21. The van der Waals surface area contributed by atoms with Gasteiger partial charge in [0.1, 0.15) is 11.6 Å². The summed E-state index contributed by atoms with van der Waals surface area (Å²) in [6.07, 6.45) is 0. The monoisotopic (exact) mass is 467 g/mol. The van der Waals surface area contributed by atoms with Crippen LogP contribution in [0.2, 0.25) is 5.02 Å². The van der Waals surface area contributed by atoms with E-state index in [-0.39, 0.29) is 0 Å². The van der Waals surface area contributed by atoms with Crippen molar-refractivity contribution < 1.29 is 4.74 Å². The maximum Gasteiger partial charge on any atom is 0.195 e. The highest BCUT2D eigenvalue weighted by Crippen LogP contribution is 2.27. The number of hydrogen-bond acceptors (Lipinski definition) is 5. The van der Waals surface area contributed by atoms with Crippen LogP contribution in [0.5, 0.6) is 5.75 Å². The lowest BCUT2D eigenvalue weighted by molar-refractivity contribution is 0.344. The van der Waals surface area contributed by atoms with Crippen molar-refractivity contribution in [3.63, 3.8) is 0 Å². The molecule has 0 spiro atoms. The molecule has 4 rings (SSSR count). The molecule has 0 aliphatic carbocycles. The van der Waals surface area contributed by atoms with Crippen molar-refractivity contribution in [3.05, 3.63) is 95.3 Å². The van der Waals surface area contributed by atoms with Crippen molar-refractivity contribution in [2.45, 2.75) is 22.7 Å². The number of halogens is 1. The van der Waals surface area contributed by atoms with Gasteiger partial charge >= 0.3 is 0 Å². The first kappa shape index (κ1) is 21.8. The summed E-state index contributed by atoms with van der Waals surface area (Å²) in [6.45, 7) is 2.67. The molecule has 4 nitrogen and oxygen atoms in total. The van der Waals surface area contributed by atoms with Crippen LogP contribution in [0.15, 0.2) is 88.9 Å². The third-order valence-corrected chi connectivity index (χ3v) is 6.65. The molecule has 3 aromatic carbocycles. The molecule has 0 aliphatic rings. The Morgan fingerprint density at radius 2 is 1.61 bits per heavy atom. The Morgan fingerprint density at radius 3 is 2.35 bits per heavy atom. The summed E-state index contributed by atoms with van der Waals surface area (Å²) in [7, 11) is 0. The van der Waals surface area contributed by atoms with Crippen LogP contribution in [0.4, 0.5) is 0 Å². The number of aromatic nitrogens is 3. The number of benzene rings is 3. The fraction of sp³-hybridized carbons (Fsp3) is 0.167. The topological polar surface area (TPSA) is 39.9 Å². The molecule has 0 saturated heterocycles. The molecule has 0 amide bonds. The zero-order valence-electron chi connectivity index (χ0n) is 17.1. The van der Waals surface area contributed by atoms with Gasteiger partial charge in [0.05, 0.1) is 12.4 Å². The van der Waals surface area contributed by atoms with Gasteiger partial charge in [-0.2, -0.15) is 0 Å². The van der Waals surface area contributed by atoms with E-state index in [2.05, 4.69) is 58.1 Å². The number of para-hydroxylation sites is 1. The van der Waals surface area contributed by atoms with E-state index in [0.29, 0.717) is 11.6 Å². The lowest BCUT2D eigenvalue weighted by Gasteiger charge is -2.11. The highest BCUT2D eigenvalue weighted by Gasteiger charge is 2.15. The Labute approximate surface area is 196 Å². The Morgan fingerprint density at radius 1 is 0.871 bits per heavy atom. The van der Waals surface area contributed by atoms with E-state index < -0.39 is 0 Å². The summed E-state index contributed by atoms with van der Waals surface area (Å²) in [5, 5.41) is 10.5. The third-order valence-electron chi connectivity index (χ3n) is 4.50. The molecule has 0 N–H and O–H groups in total. The van der Waals surface area contributed by atoms with Crippen LogP contribution in [-0.4, -0.2) is 27.1 Å². The fourth-order valence-electron chi connectivity index (χ4n) is 2.93. The van der Waals surface area contributed by atoms with Gasteiger partial charge in [-0.25, -0.2) is 0 Å². The number of thioether (sulfide) groups is 2. The minimum atomic E-state index is 0.571. The second-order valence-corrected chi connectivity index (χ2v) is 9.37. The van der Waals surface area contributed by atoms with Crippen molar-refractivity contribution in [3.8, 4) is 11.4 Å². The van der Waals surface area contributed by atoms with Gasteiger partial charge < -0.3 is 4.74 Å². The van der Waals surface area contributed by atoms with Crippen LogP contribution < -0.4 is 4.74 Å².